The molecule has 0 saturated carbocycles. The number of alkyl halides is 3. The number of rotatable bonds is 2. The number of pyridine rings is 1. The monoisotopic (exact) mass is 491 g/mol. The van der Waals surface area contributed by atoms with Crippen molar-refractivity contribution in [3.63, 3.8) is 0 Å². The van der Waals surface area contributed by atoms with E-state index in [2.05, 4.69) is 25.9 Å². The molecule has 5 rings (SSSR count). The number of aromatic nitrogens is 3. The van der Waals surface area contributed by atoms with Crippen LogP contribution in [0.2, 0.25) is 0 Å². The van der Waals surface area contributed by atoms with E-state index in [1.807, 2.05) is 0 Å². The topological polar surface area (TPSA) is 60.4 Å². The highest BCUT2D eigenvalue weighted by atomic mass is 79.9. The van der Waals surface area contributed by atoms with E-state index in [-0.39, 0.29) is 11.3 Å². The van der Waals surface area contributed by atoms with E-state index in [9.17, 15) is 18.0 Å². The second-order valence-corrected chi connectivity index (χ2v) is 8.35. The zero-order chi connectivity index (χ0) is 21.0. The van der Waals surface area contributed by atoms with Gasteiger partial charge in [-0.05, 0) is 46.3 Å². The van der Waals surface area contributed by atoms with Gasteiger partial charge < -0.3 is 4.42 Å². The smallest absolute Gasteiger partial charge is 0.416 e. The fourth-order valence-corrected chi connectivity index (χ4v) is 4.35. The van der Waals surface area contributed by atoms with Crippen molar-refractivity contribution in [1.29, 1.82) is 0 Å². The van der Waals surface area contributed by atoms with E-state index in [0.29, 0.717) is 32.0 Å². The van der Waals surface area contributed by atoms with Crippen molar-refractivity contribution < 1.29 is 17.6 Å². The third-order valence-corrected chi connectivity index (χ3v) is 5.83. The molecule has 0 atom stereocenters. The van der Waals surface area contributed by atoms with Crippen LogP contribution in [-0.2, 0) is 6.18 Å². The molecule has 0 radical (unpaired) electrons. The van der Waals surface area contributed by atoms with Crippen LogP contribution in [0.15, 0.2) is 62.3 Å². The van der Waals surface area contributed by atoms with Gasteiger partial charge in [-0.15, -0.1) is 0 Å². The third kappa shape index (κ3) is 3.21. The van der Waals surface area contributed by atoms with Crippen LogP contribution in [0.3, 0.4) is 0 Å². The summed E-state index contributed by atoms with van der Waals surface area (Å²) in [6.07, 6.45) is -1.30. The summed E-state index contributed by atoms with van der Waals surface area (Å²) in [6.45, 7) is 0. The molecule has 0 amide bonds. The summed E-state index contributed by atoms with van der Waals surface area (Å²) in [4.78, 5) is 22.0. The van der Waals surface area contributed by atoms with Gasteiger partial charge in [0.05, 0.1) is 5.56 Å². The Balaban J connectivity index is 1.57. The van der Waals surface area contributed by atoms with Crippen LogP contribution in [-0.4, -0.2) is 14.4 Å². The highest BCUT2D eigenvalue weighted by molar-refractivity contribution is 9.10. The molecule has 5 nitrogen and oxygen atoms in total. The minimum absolute atomic E-state index is 0.276. The van der Waals surface area contributed by atoms with E-state index in [4.69, 9.17) is 4.42 Å². The van der Waals surface area contributed by atoms with Crippen LogP contribution in [0.4, 0.5) is 13.2 Å². The summed E-state index contributed by atoms with van der Waals surface area (Å²) in [7, 11) is 0. The molecule has 0 saturated heterocycles. The number of hydrogen-bond donors (Lipinski definition) is 0. The third-order valence-electron chi connectivity index (χ3n) is 4.42. The molecule has 30 heavy (non-hydrogen) atoms. The number of furan rings is 1. The second-order valence-electron chi connectivity index (χ2n) is 6.42. The maximum atomic E-state index is 12.9. The van der Waals surface area contributed by atoms with Gasteiger partial charge in [-0.25, -0.2) is 14.4 Å². The lowest BCUT2D eigenvalue weighted by molar-refractivity contribution is -0.137. The molecule has 0 N–H and O–H groups in total. The van der Waals surface area contributed by atoms with Crippen molar-refractivity contribution >= 4 is 49.5 Å². The molecular weight excluding hydrogens is 483 g/mol. The van der Waals surface area contributed by atoms with Gasteiger partial charge in [0.25, 0.3) is 5.56 Å². The van der Waals surface area contributed by atoms with E-state index < -0.39 is 11.7 Å². The lowest BCUT2D eigenvalue weighted by Crippen LogP contribution is -2.22. The first-order valence-electron chi connectivity index (χ1n) is 8.55. The Morgan fingerprint density at radius 3 is 2.80 bits per heavy atom. The Morgan fingerprint density at radius 2 is 2.00 bits per heavy atom. The number of nitrogens with zero attached hydrogens (tertiary/aromatic N) is 3. The first-order valence-corrected chi connectivity index (χ1v) is 10.2. The van der Waals surface area contributed by atoms with Crippen LogP contribution in [0.5, 0.6) is 0 Å². The van der Waals surface area contributed by atoms with Crippen LogP contribution in [0.25, 0.3) is 33.5 Å². The van der Waals surface area contributed by atoms with E-state index in [1.54, 1.807) is 30.5 Å². The first kappa shape index (κ1) is 19.0. The zero-order valence-electron chi connectivity index (χ0n) is 14.8. The van der Waals surface area contributed by atoms with Gasteiger partial charge in [-0.3, -0.25) is 4.79 Å². The Kier molecular flexibility index (Phi) is 4.30. The normalized spacial score (nSPS) is 13.0. The standard InChI is InChI=1S/C20H9BrF3N3O2S/c21-12-7-14-17(25-9-12)27-18(28)16(30-19(27)26-14)8-13-4-5-15(29-13)10-2-1-3-11(6-10)20(22,23)24/h1-9H/b16-8-. The highest BCUT2D eigenvalue weighted by Gasteiger charge is 2.30. The number of halogens is 4. The predicted octanol–water partition coefficient (Wildman–Crippen LogP) is 4.89. The second kappa shape index (κ2) is 6.78. The van der Waals surface area contributed by atoms with Crippen molar-refractivity contribution in [3.8, 4) is 11.3 Å². The molecule has 4 heterocycles. The van der Waals surface area contributed by atoms with E-state index in [1.165, 1.54) is 27.9 Å². The number of hydrogen-bond acceptors (Lipinski definition) is 5. The Hall–Kier alpha value is -2.98. The maximum Gasteiger partial charge on any atom is 0.416 e. The largest absolute Gasteiger partial charge is 0.457 e. The van der Waals surface area contributed by atoms with Crippen LogP contribution in [0, 0.1) is 0 Å². The minimum atomic E-state index is -4.44. The summed E-state index contributed by atoms with van der Waals surface area (Å²) in [5.41, 5.74) is 0.314. The highest BCUT2D eigenvalue weighted by Crippen LogP contribution is 2.32. The van der Waals surface area contributed by atoms with E-state index >= 15 is 0 Å². The molecule has 4 aromatic heterocycles. The lowest BCUT2D eigenvalue weighted by atomic mass is 10.1. The van der Waals surface area contributed by atoms with Crippen molar-refractivity contribution in [3.05, 3.63) is 79.3 Å². The fraction of sp³-hybridized carbons (Fsp3) is 0.0500. The van der Waals surface area contributed by atoms with Crippen molar-refractivity contribution in [2.75, 3.05) is 0 Å². The fourth-order valence-electron chi connectivity index (χ4n) is 3.08. The van der Waals surface area contributed by atoms with Gasteiger partial charge >= 0.3 is 6.18 Å². The summed E-state index contributed by atoms with van der Waals surface area (Å²) >= 11 is 4.51. The summed E-state index contributed by atoms with van der Waals surface area (Å²) < 4.78 is 47.1. The molecule has 0 spiro atoms. The minimum Gasteiger partial charge on any atom is -0.457 e. The maximum absolute atomic E-state index is 12.9. The van der Waals surface area contributed by atoms with Crippen molar-refractivity contribution in [2.24, 2.45) is 0 Å². The van der Waals surface area contributed by atoms with Crippen LogP contribution >= 0.6 is 27.3 Å². The molecule has 0 aliphatic rings. The molecule has 150 valence electrons. The SMILES string of the molecule is O=c1/c(=C/c2ccc(-c3cccc(C(F)(F)F)c3)o2)sc2nc3cc(Br)cnc3n12. The summed E-state index contributed by atoms with van der Waals surface area (Å²) in [5.74, 6) is 0.627. The van der Waals surface area contributed by atoms with Crippen LogP contribution < -0.4 is 10.1 Å². The Labute approximate surface area is 178 Å². The number of benzene rings is 1. The molecule has 5 aromatic rings. The zero-order valence-corrected chi connectivity index (χ0v) is 17.2. The molecule has 1 aromatic carbocycles. The van der Waals surface area contributed by atoms with Crippen molar-refractivity contribution in [2.45, 2.75) is 6.18 Å². The Morgan fingerprint density at radius 1 is 1.17 bits per heavy atom. The predicted molar refractivity (Wildman–Crippen MR) is 110 cm³/mol. The molecule has 0 aliphatic carbocycles. The summed E-state index contributed by atoms with van der Waals surface area (Å²) in [5, 5.41) is 0. The van der Waals surface area contributed by atoms with Gasteiger partial charge in [-0.1, -0.05) is 23.5 Å². The van der Waals surface area contributed by atoms with Gasteiger partial charge in [0.15, 0.2) is 10.6 Å². The average Bonchev–Trinajstić information content (AvgIpc) is 3.37. The molecular formula is C20H9BrF3N3O2S. The van der Waals surface area contributed by atoms with Gasteiger partial charge in [0, 0.05) is 22.3 Å². The number of imidazole rings is 1. The molecule has 0 aliphatic heterocycles. The number of thiazole rings is 1. The first-order chi connectivity index (χ1) is 14.3. The van der Waals surface area contributed by atoms with Gasteiger partial charge in [0.2, 0.25) is 0 Å². The molecule has 10 heteroatoms. The quantitative estimate of drug-likeness (QED) is 0.352. The van der Waals surface area contributed by atoms with Crippen molar-refractivity contribution in [1.82, 2.24) is 14.4 Å². The molecule has 0 unspecified atom stereocenters. The number of fused-ring (bicyclic) bond motifs is 3. The van der Waals surface area contributed by atoms with Gasteiger partial charge in [-0.2, -0.15) is 13.2 Å². The lowest BCUT2D eigenvalue weighted by Gasteiger charge is -2.07. The summed E-state index contributed by atoms with van der Waals surface area (Å²) in [6, 6.07) is 9.83. The molecule has 0 bridgehead atoms. The Bertz CT molecular complexity index is 1530. The van der Waals surface area contributed by atoms with E-state index in [0.717, 1.165) is 16.6 Å². The average molecular weight is 492 g/mol. The molecule has 0 fully saturated rings. The van der Waals surface area contributed by atoms with Gasteiger partial charge in [0.1, 0.15) is 21.6 Å². The van der Waals surface area contributed by atoms with Crippen LogP contribution in [0.1, 0.15) is 11.3 Å².